The summed E-state index contributed by atoms with van der Waals surface area (Å²) in [7, 11) is 0. The number of hydrogen-bond donors (Lipinski definition) is 1. The quantitative estimate of drug-likeness (QED) is 0.699. The Morgan fingerprint density at radius 3 is 2.46 bits per heavy atom. The van der Waals surface area contributed by atoms with Crippen molar-refractivity contribution < 1.29 is 9.13 Å². The molecule has 2 N–H and O–H groups in total. The molecule has 0 aliphatic rings. The van der Waals surface area contributed by atoms with Crippen LogP contribution < -0.4 is 10.5 Å². The van der Waals surface area contributed by atoms with E-state index in [1.54, 1.807) is 30.3 Å². The fourth-order valence-corrected chi connectivity index (χ4v) is 2.64. The maximum atomic E-state index is 13.0. The Morgan fingerprint density at radius 1 is 1.12 bits per heavy atom. The predicted octanol–water partition coefficient (Wildman–Crippen LogP) is 4.41. The van der Waals surface area contributed by atoms with E-state index in [1.807, 2.05) is 6.07 Å². The fraction of sp³-hybridized carbons (Fsp3) is 0.111. The minimum atomic E-state index is -0.332. The number of ether oxygens (including phenoxy) is 1. The van der Waals surface area contributed by atoms with Gasteiger partial charge in [0.15, 0.2) is 5.56 Å². The summed E-state index contributed by atoms with van der Waals surface area (Å²) >= 11 is 11.9. The van der Waals surface area contributed by atoms with Gasteiger partial charge in [0.2, 0.25) is 0 Å². The van der Waals surface area contributed by atoms with Crippen molar-refractivity contribution in [1.82, 2.24) is 9.78 Å². The Bertz CT molecular complexity index is 980. The van der Waals surface area contributed by atoms with Gasteiger partial charge in [-0.1, -0.05) is 41.4 Å². The van der Waals surface area contributed by atoms with E-state index in [2.05, 4.69) is 5.10 Å². The molecule has 3 aromatic rings. The molecule has 1 aromatic heterocycles. The average Bonchev–Trinajstić information content (AvgIpc) is 2.92. The summed E-state index contributed by atoms with van der Waals surface area (Å²) in [6.45, 7) is 0.440. The molecule has 1 heterocycles. The van der Waals surface area contributed by atoms with Crippen LogP contribution in [0.25, 0.3) is 0 Å². The SMILES string of the molecule is N#Cc1c(OCc2ccc(F)cc2)nn(Cc2ccc(Cl)c(Cl)c2)c1N. The second kappa shape index (κ2) is 7.65. The summed E-state index contributed by atoms with van der Waals surface area (Å²) in [5.41, 5.74) is 7.72. The smallest absolute Gasteiger partial charge is 0.253 e. The van der Waals surface area contributed by atoms with E-state index in [4.69, 9.17) is 33.7 Å². The molecule has 2 aromatic carbocycles. The maximum Gasteiger partial charge on any atom is 0.253 e. The van der Waals surface area contributed by atoms with Crippen LogP contribution in [0.3, 0.4) is 0 Å². The number of nitriles is 1. The Kier molecular flexibility index (Phi) is 5.31. The van der Waals surface area contributed by atoms with Gasteiger partial charge in [-0.25, -0.2) is 9.07 Å². The molecule has 3 rings (SSSR count). The number of nitrogen functional groups attached to an aromatic ring is 1. The Balaban J connectivity index is 1.81. The predicted molar refractivity (Wildman–Crippen MR) is 97.7 cm³/mol. The van der Waals surface area contributed by atoms with Gasteiger partial charge >= 0.3 is 0 Å². The molecule has 0 saturated carbocycles. The van der Waals surface area contributed by atoms with E-state index in [9.17, 15) is 9.65 Å². The lowest BCUT2D eigenvalue weighted by molar-refractivity contribution is 0.289. The summed E-state index contributed by atoms with van der Waals surface area (Å²) in [5.74, 6) is -0.0244. The molecule has 5 nitrogen and oxygen atoms in total. The minimum absolute atomic E-state index is 0.120. The summed E-state index contributed by atoms with van der Waals surface area (Å²) in [6.07, 6.45) is 0. The second-order valence-corrected chi connectivity index (χ2v) is 6.31. The van der Waals surface area contributed by atoms with Crippen LogP contribution in [0.1, 0.15) is 16.7 Å². The monoisotopic (exact) mass is 390 g/mol. The topological polar surface area (TPSA) is 76.9 Å². The highest BCUT2D eigenvalue weighted by Gasteiger charge is 2.17. The van der Waals surface area contributed by atoms with Crippen molar-refractivity contribution in [2.45, 2.75) is 13.2 Å². The van der Waals surface area contributed by atoms with E-state index < -0.39 is 0 Å². The Labute approximate surface area is 159 Å². The fourth-order valence-electron chi connectivity index (χ4n) is 2.32. The highest BCUT2D eigenvalue weighted by molar-refractivity contribution is 6.42. The normalized spacial score (nSPS) is 10.5. The third-order valence-electron chi connectivity index (χ3n) is 3.68. The lowest BCUT2D eigenvalue weighted by Crippen LogP contribution is -2.06. The summed E-state index contributed by atoms with van der Waals surface area (Å²) in [4.78, 5) is 0. The van der Waals surface area contributed by atoms with Gasteiger partial charge in [0.25, 0.3) is 5.88 Å². The number of anilines is 1. The summed E-state index contributed by atoms with van der Waals surface area (Å²) in [6, 6.07) is 13.0. The van der Waals surface area contributed by atoms with Gasteiger partial charge in [-0.15, -0.1) is 5.10 Å². The maximum absolute atomic E-state index is 13.0. The Hall–Kier alpha value is -2.75. The van der Waals surface area contributed by atoms with Crippen molar-refractivity contribution in [2.75, 3.05) is 5.73 Å². The summed E-state index contributed by atoms with van der Waals surface area (Å²) in [5, 5.41) is 14.5. The molecule has 0 aliphatic heterocycles. The molecule has 0 aliphatic carbocycles. The van der Waals surface area contributed by atoms with Gasteiger partial charge in [0.05, 0.1) is 16.6 Å². The number of hydrogen-bond acceptors (Lipinski definition) is 4. The third-order valence-corrected chi connectivity index (χ3v) is 4.42. The standard InChI is InChI=1S/C18H13Cl2FN4O/c19-15-6-3-12(7-16(15)20)9-25-17(23)14(8-22)18(24-25)26-10-11-1-4-13(21)5-2-11/h1-7H,9-10,23H2. The van der Waals surface area contributed by atoms with Crippen molar-refractivity contribution in [2.24, 2.45) is 0 Å². The molecular weight excluding hydrogens is 378 g/mol. The van der Waals surface area contributed by atoms with Gasteiger partial charge in [0.1, 0.15) is 24.3 Å². The molecule has 0 amide bonds. The number of aromatic nitrogens is 2. The van der Waals surface area contributed by atoms with Crippen LogP contribution >= 0.6 is 23.2 Å². The first-order valence-corrected chi connectivity index (χ1v) is 8.31. The molecule has 0 saturated heterocycles. The first kappa shape index (κ1) is 18.1. The zero-order valence-electron chi connectivity index (χ0n) is 13.4. The first-order valence-electron chi connectivity index (χ1n) is 7.55. The molecule has 0 radical (unpaired) electrons. The lowest BCUT2D eigenvalue weighted by Gasteiger charge is -2.05. The number of rotatable bonds is 5. The average molecular weight is 391 g/mol. The molecule has 132 valence electrons. The minimum Gasteiger partial charge on any atom is -0.471 e. The second-order valence-electron chi connectivity index (χ2n) is 5.50. The number of nitrogens with zero attached hydrogens (tertiary/aromatic N) is 3. The number of benzene rings is 2. The van der Waals surface area contributed by atoms with Crippen LogP contribution in [0.15, 0.2) is 42.5 Å². The van der Waals surface area contributed by atoms with E-state index in [0.29, 0.717) is 16.6 Å². The highest BCUT2D eigenvalue weighted by Crippen LogP contribution is 2.27. The van der Waals surface area contributed by atoms with Crippen LogP contribution in [0.5, 0.6) is 5.88 Å². The van der Waals surface area contributed by atoms with E-state index in [-0.39, 0.29) is 29.7 Å². The molecule has 0 unspecified atom stereocenters. The van der Waals surface area contributed by atoms with Crippen LogP contribution in [-0.4, -0.2) is 9.78 Å². The highest BCUT2D eigenvalue weighted by atomic mass is 35.5. The van der Waals surface area contributed by atoms with Crippen LogP contribution in [0, 0.1) is 17.1 Å². The molecule has 0 spiro atoms. The first-order chi connectivity index (χ1) is 12.5. The van der Waals surface area contributed by atoms with E-state index in [1.165, 1.54) is 16.8 Å². The molecule has 0 fully saturated rings. The molecule has 0 atom stereocenters. The number of halogens is 3. The van der Waals surface area contributed by atoms with Crippen LogP contribution in [0.2, 0.25) is 10.0 Å². The van der Waals surface area contributed by atoms with Gasteiger partial charge in [0, 0.05) is 0 Å². The van der Waals surface area contributed by atoms with Crippen molar-refractivity contribution in [1.29, 1.82) is 5.26 Å². The molecule has 0 bridgehead atoms. The Morgan fingerprint density at radius 2 is 1.81 bits per heavy atom. The van der Waals surface area contributed by atoms with Crippen molar-refractivity contribution >= 4 is 29.0 Å². The molecular formula is C18H13Cl2FN4O. The summed E-state index contributed by atoms with van der Waals surface area (Å²) < 4.78 is 20.0. The van der Waals surface area contributed by atoms with Gasteiger partial charge in [-0.3, -0.25) is 0 Å². The third kappa shape index (κ3) is 3.90. The largest absolute Gasteiger partial charge is 0.471 e. The van der Waals surface area contributed by atoms with Gasteiger partial charge in [-0.05, 0) is 35.4 Å². The molecule has 8 heteroatoms. The van der Waals surface area contributed by atoms with Crippen molar-refractivity contribution in [3.05, 3.63) is 75.0 Å². The van der Waals surface area contributed by atoms with E-state index >= 15 is 0 Å². The van der Waals surface area contributed by atoms with E-state index in [0.717, 1.165) is 11.1 Å². The van der Waals surface area contributed by atoms with Crippen LogP contribution in [-0.2, 0) is 13.2 Å². The zero-order valence-corrected chi connectivity index (χ0v) is 14.9. The van der Waals surface area contributed by atoms with Crippen molar-refractivity contribution in [3.8, 4) is 11.9 Å². The number of nitrogens with two attached hydrogens (primary N) is 1. The van der Waals surface area contributed by atoms with Gasteiger partial charge in [-0.2, -0.15) is 5.26 Å². The van der Waals surface area contributed by atoms with Gasteiger partial charge < -0.3 is 10.5 Å². The van der Waals surface area contributed by atoms with Crippen molar-refractivity contribution in [3.63, 3.8) is 0 Å². The zero-order chi connectivity index (χ0) is 18.7. The molecule has 26 heavy (non-hydrogen) atoms. The van der Waals surface area contributed by atoms with Crippen LogP contribution in [0.4, 0.5) is 10.2 Å². The lowest BCUT2D eigenvalue weighted by atomic mass is 10.2.